The van der Waals surface area contributed by atoms with Crippen molar-refractivity contribution in [3.63, 3.8) is 0 Å². The van der Waals surface area contributed by atoms with Crippen molar-refractivity contribution >= 4 is 21.9 Å². The fraction of sp³-hybridized carbons (Fsp3) is 0.565. The summed E-state index contributed by atoms with van der Waals surface area (Å²) in [5.74, 6) is -0.592. The van der Waals surface area contributed by atoms with Crippen molar-refractivity contribution in [3.8, 4) is 0 Å². The fourth-order valence-electron chi connectivity index (χ4n) is 5.60. The predicted octanol–water partition coefficient (Wildman–Crippen LogP) is 3.99. The Morgan fingerprint density at radius 2 is 1.77 bits per heavy atom. The van der Waals surface area contributed by atoms with Gasteiger partial charge in [0.15, 0.2) is 0 Å². The number of imide groups is 1. The molecular formula is C23H29NO5S. The van der Waals surface area contributed by atoms with Crippen molar-refractivity contribution in [1.29, 1.82) is 0 Å². The van der Waals surface area contributed by atoms with Crippen LogP contribution in [0.1, 0.15) is 56.2 Å². The van der Waals surface area contributed by atoms with Crippen LogP contribution >= 0.6 is 0 Å². The average Bonchev–Trinajstić information content (AvgIpc) is 2.87. The molecule has 2 fully saturated rings. The van der Waals surface area contributed by atoms with E-state index in [0.29, 0.717) is 34.4 Å². The van der Waals surface area contributed by atoms with Gasteiger partial charge >= 0.3 is 10.1 Å². The summed E-state index contributed by atoms with van der Waals surface area (Å²) in [6.07, 6.45) is 4.83. The Labute approximate surface area is 178 Å². The molecule has 0 N–H and O–H groups in total. The lowest BCUT2D eigenvalue weighted by Gasteiger charge is -2.56. The number of benzene rings is 1. The number of hydrogen-bond donors (Lipinski definition) is 0. The Hall–Kier alpha value is -1.99. The van der Waals surface area contributed by atoms with Crippen molar-refractivity contribution in [2.45, 2.75) is 65.2 Å². The first kappa shape index (κ1) is 21.2. The topological polar surface area (TPSA) is 80.8 Å². The highest BCUT2D eigenvalue weighted by atomic mass is 32.2. The van der Waals surface area contributed by atoms with Crippen molar-refractivity contribution in [1.82, 2.24) is 5.06 Å². The van der Waals surface area contributed by atoms with Crippen molar-refractivity contribution < 1.29 is 22.3 Å². The van der Waals surface area contributed by atoms with Crippen molar-refractivity contribution in [3.05, 3.63) is 40.5 Å². The number of nitrogens with zero attached hydrogens (tertiary/aromatic N) is 1. The number of carbonyl (C=O) groups excluding carboxylic acids is 2. The van der Waals surface area contributed by atoms with E-state index in [2.05, 4.69) is 19.9 Å². The third kappa shape index (κ3) is 3.32. The van der Waals surface area contributed by atoms with Gasteiger partial charge in [-0.25, -0.2) is 0 Å². The lowest BCUT2D eigenvalue weighted by atomic mass is 9.48. The molecule has 1 aromatic carbocycles. The summed E-state index contributed by atoms with van der Waals surface area (Å²) in [7, 11) is -4.30. The van der Waals surface area contributed by atoms with Gasteiger partial charge in [0.2, 0.25) is 0 Å². The quantitative estimate of drug-likeness (QED) is 0.520. The number of hydrogen-bond acceptors (Lipinski definition) is 5. The maximum absolute atomic E-state index is 12.9. The van der Waals surface area contributed by atoms with Crippen LogP contribution in [0.5, 0.6) is 0 Å². The molecule has 0 unspecified atom stereocenters. The minimum absolute atomic E-state index is 0.00870. The normalized spacial score (nSPS) is 27.8. The molecule has 4 aliphatic rings. The highest BCUT2D eigenvalue weighted by molar-refractivity contribution is 7.86. The average molecular weight is 432 g/mol. The molecule has 162 valence electrons. The Morgan fingerprint density at radius 1 is 1.13 bits per heavy atom. The summed E-state index contributed by atoms with van der Waals surface area (Å²) in [5, 5.41) is 0.469. The minimum Gasteiger partial charge on any atom is -0.272 e. The zero-order chi connectivity index (χ0) is 22.0. The lowest BCUT2D eigenvalue weighted by molar-refractivity contribution is -0.164. The minimum atomic E-state index is -4.30. The molecule has 7 heteroatoms. The largest absolute Gasteiger partial charge is 0.318 e. The molecule has 5 rings (SSSR count). The molecule has 0 aromatic heterocycles. The maximum Gasteiger partial charge on any atom is 0.318 e. The molecule has 30 heavy (non-hydrogen) atoms. The lowest BCUT2D eigenvalue weighted by Crippen LogP contribution is -2.48. The van der Waals surface area contributed by atoms with Crippen LogP contribution in [0.4, 0.5) is 0 Å². The summed E-state index contributed by atoms with van der Waals surface area (Å²) >= 11 is 0. The van der Waals surface area contributed by atoms with Crippen LogP contribution in [-0.4, -0.2) is 25.3 Å². The van der Waals surface area contributed by atoms with Crippen LogP contribution in [0.25, 0.3) is 0 Å². The van der Waals surface area contributed by atoms with E-state index in [1.165, 1.54) is 5.57 Å². The van der Waals surface area contributed by atoms with Crippen LogP contribution in [0.2, 0.25) is 0 Å². The maximum atomic E-state index is 12.9. The van der Waals surface area contributed by atoms with Gasteiger partial charge in [0.05, 0.1) is 5.92 Å². The summed E-state index contributed by atoms with van der Waals surface area (Å²) < 4.78 is 30.9. The van der Waals surface area contributed by atoms with Gasteiger partial charge in [-0.3, -0.25) is 9.59 Å². The molecule has 6 nitrogen and oxygen atoms in total. The van der Waals surface area contributed by atoms with Crippen LogP contribution in [-0.2, 0) is 24.0 Å². The van der Waals surface area contributed by atoms with E-state index >= 15 is 0 Å². The molecule has 0 spiro atoms. The second kappa shape index (κ2) is 7.02. The molecule has 1 aliphatic heterocycles. The number of carbonyl (C=O) groups is 2. The number of amides is 2. The Kier molecular flexibility index (Phi) is 4.97. The summed E-state index contributed by atoms with van der Waals surface area (Å²) in [6, 6.07) is 3.48. The van der Waals surface area contributed by atoms with Gasteiger partial charge in [-0.05, 0) is 68.4 Å². The van der Waals surface area contributed by atoms with Crippen molar-refractivity contribution in [2.24, 2.45) is 23.2 Å². The standard InChI is InChI=1S/C23H29NO5S/c1-13-8-14(2)21(15(3)9-13)30(27,28)29-24-20(25)11-17(22(24)26)10-16-6-7-18-12-19(16)23(18,4)5/h6,8-9,17-19H,7,10-12H2,1-5H3/t17-,18-,19+/m1/s1. The van der Waals surface area contributed by atoms with E-state index in [9.17, 15) is 18.0 Å². The van der Waals surface area contributed by atoms with Crippen LogP contribution in [0, 0.1) is 43.9 Å². The molecule has 1 saturated carbocycles. The highest BCUT2D eigenvalue weighted by Crippen LogP contribution is 2.60. The highest BCUT2D eigenvalue weighted by Gasteiger charge is 2.52. The molecule has 3 aliphatic carbocycles. The number of hydroxylamine groups is 2. The monoisotopic (exact) mass is 431 g/mol. The summed E-state index contributed by atoms with van der Waals surface area (Å²) in [5.41, 5.74) is 3.44. The third-order valence-corrected chi connectivity index (χ3v) is 8.78. The molecule has 2 amide bonds. The second-order valence-corrected chi connectivity index (χ2v) is 11.2. The number of aryl methyl sites for hydroxylation is 3. The number of rotatable bonds is 5. The first-order chi connectivity index (χ1) is 13.9. The van der Waals surface area contributed by atoms with E-state index in [4.69, 9.17) is 4.28 Å². The van der Waals surface area contributed by atoms with Gasteiger partial charge in [-0.15, -0.1) is 9.35 Å². The molecule has 1 heterocycles. The number of fused-ring (bicyclic) bond motifs is 1. The van der Waals surface area contributed by atoms with Crippen LogP contribution in [0.3, 0.4) is 0 Å². The Bertz CT molecular complexity index is 1050. The first-order valence-corrected chi connectivity index (χ1v) is 11.9. The smallest absolute Gasteiger partial charge is 0.272 e. The zero-order valence-corrected chi connectivity index (χ0v) is 19.0. The SMILES string of the molecule is Cc1cc(C)c(S(=O)(=O)ON2C(=O)C[C@@H](CC3=CC[C@@H]4C[C@@H]3C4(C)C)C2=O)c(C)c1. The molecule has 0 radical (unpaired) electrons. The van der Waals surface area contributed by atoms with Crippen LogP contribution in [0.15, 0.2) is 28.7 Å². The zero-order valence-electron chi connectivity index (χ0n) is 18.2. The Morgan fingerprint density at radius 3 is 2.33 bits per heavy atom. The van der Waals surface area contributed by atoms with Gasteiger partial charge in [-0.1, -0.05) is 43.2 Å². The molecule has 2 bridgehead atoms. The Balaban J connectivity index is 1.52. The van der Waals surface area contributed by atoms with Gasteiger partial charge in [0.1, 0.15) is 4.90 Å². The van der Waals surface area contributed by atoms with E-state index < -0.39 is 27.9 Å². The van der Waals surface area contributed by atoms with E-state index in [-0.39, 0.29) is 16.7 Å². The molecule has 1 aromatic rings. The molecular weight excluding hydrogens is 402 g/mol. The van der Waals surface area contributed by atoms with E-state index in [1.807, 2.05) is 6.92 Å². The fourth-order valence-corrected chi connectivity index (χ4v) is 6.93. The number of allylic oxidation sites excluding steroid dienone is 2. The van der Waals surface area contributed by atoms with Crippen LogP contribution < -0.4 is 0 Å². The molecule has 1 saturated heterocycles. The third-order valence-electron chi connectivity index (χ3n) is 7.29. The summed E-state index contributed by atoms with van der Waals surface area (Å²) in [6.45, 7) is 9.75. The predicted molar refractivity (Wildman–Crippen MR) is 112 cm³/mol. The molecule has 3 atom stereocenters. The summed E-state index contributed by atoms with van der Waals surface area (Å²) in [4.78, 5) is 25.4. The van der Waals surface area contributed by atoms with Gasteiger partial charge in [-0.2, -0.15) is 8.42 Å². The van der Waals surface area contributed by atoms with Gasteiger partial charge in [0.25, 0.3) is 11.8 Å². The first-order valence-electron chi connectivity index (χ1n) is 10.5. The van der Waals surface area contributed by atoms with E-state index in [1.54, 1.807) is 26.0 Å². The van der Waals surface area contributed by atoms with E-state index in [0.717, 1.165) is 18.4 Å². The second-order valence-electron chi connectivity index (χ2n) is 9.71. The van der Waals surface area contributed by atoms with Gasteiger partial charge < -0.3 is 0 Å². The van der Waals surface area contributed by atoms with Crippen molar-refractivity contribution in [2.75, 3.05) is 0 Å². The van der Waals surface area contributed by atoms with Gasteiger partial charge in [0, 0.05) is 6.42 Å².